The lowest BCUT2D eigenvalue weighted by Crippen LogP contribution is -2.29. The first-order valence-electron chi connectivity index (χ1n) is 13.2. The van der Waals surface area contributed by atoms with E-state index in [1.807, 2.05) is 73.7 Å². The van der Waals surface area contributed by atoms with Gasteiger partial charge in [0.25, 0.3) is 11.7 Å². The second-order valence-electron chi connectivity index (χ2n) is 10.5. The van der Waals surface area contributed by atoms with Crippen molar-refractivity contribution in [2.24, 2.45) is 5.92 Å². The summed E-state index contributed by atoms with van der Waals surface area (Å²) in [6, 6.07) is 21.6. The first kappa shape index (κ1) is 25.6. The van der Waals surface area contributed by atoms with Gasteiger partial charge in [-0.1, -0.05) is 56.3 Å². The standard InChI is InChI=1S/C32H33NO5/c1-20(2)14-15-37-26-11-7-10-23(18-26)29-28(30(34)24-12-13-27-25(17-24)16-21(3)38-27)31(35)32(36)33(29)19-22-8-5-4-6-9-22/h4-13,17-18,20-21,29,34H,14-16,19H2,1-3H3/b30-28+/t21-,29-/m0/s1. The van der Waals surface area contributed by atoms with Gasteiger partial charge >= 0.3 is 0 Å². The second-order valence-corrected chi connectivity index (χ2v) is 10.5. The fraction of sp³-hybridized carbons (Fsp3) is 0.312. The van der Waals surface area contributed by atoms with Crippen LogP contribution >= 0.6 is 0 Å². The normalized spacial score (nSPS) is 20.1. The Morgan fingerprint density at radius 3 is 2.61 bits per heavy atom. The highest BCUT2D eigenvalue weighted by Crippen LogP contribution is 2.42. The molecular formula is C32H33NO5. The molecule has 0 spiro atoms. The number of carbonyl (C=O) groups excluding carboxylic acids is 2. The maximum atomic E-state index is 13.5. The van der Waals surface area contributed by atoms with Gasteiger partial charge in [-0.2, -0.15) is 0 Å². The highest BCUT2D eigenvalue weighted by molar-refractivity contribution is 6.46. The number of nitrogens with zero attached hydrogens (tertiary/aromatic N) is 1. The van der Waals surface area contributed by atoms with E-state index in [0.717, 1.165) is 29.7 Å². The van der Waals surface area contributed by atoms with Crippen LogP contribution in [0.25, 0.3) is 5.76 Å². The molecule has 5 rings (SSSR count). The predicted molar refractivity (Wildman–Crippen MR) is 146 cm³/mol. The molecule has 1 amide bonds. The number of aliphatic hydroxyl groups is 1. The summed E-state index contributed by atoms with van der Waals surface area (Å²) < 4.78 is 11.8. The number of ether oxygens (including phenoxy) is 2. The predicted octanol–water partition coefficient (Wildman–Crippen LogP) is 6.06. The Labute approximate surface area is 223 Å². The molecule has 1 N–H and O–H groups in total. The number of likely N-dealkylation sites (tertiary alicyclic amines) is 1. The first-order valence-corrected chi connectivity index (χ1v) is 13.2. The molecule has 196 valence electrons. The van der Waals surface area contributed by atoms with Crippen molar-refractivity contribution >= 4 is 17.4 Å². The lowest BCUT2D eigenvalue weighted by Gasteiger charge is -2.26. The number of carbonyl (C=O) groups is 2. The molecule has 3 aromatic carbocycles. The van der Waals surface area contributed by atoms with Crippen LogP contribution < -0.4 is 9.47 Å². The molecule has 6 nitrogen and oxygen atoms in total. The largest absolute Gasteiger partial charge is 0.507 e. The third-order valence-corrected chi connectivity index (χ3v) is 7.04. The SMILES string of the molecule is CC(C)CCOc1cccc([C@H]2/C(=C(\O)c3ccc4c(c3)C[C@H](C)O4)C(=O)C(=O)N2Cc2ccccc2)c1. The van der Waals surface area contributed by atoms with Crippen LogP contribution in [0.15, 0.2) is 78.4 Å². The van der Waals surface area contributed by atoms with Gasteiger partial charge < -0.3 is 19.5 Å². The minimum atomic E-state index is -0.757. The van der Waals surface area contributed by atoms with Gasteiger partial charge in [0, 0.05) is 18.5 Å². The minimum Gasteiger partial charge on any atom is -0.507 e. The molecule has 0 saturated carbocycles. The van der Waals surface area contributed by atoms with E-state index in [-0.39, 0.29) is 24.0 Å². The van der Waals surface area contributed by atoms with Gasteiger partial charge in [0.15, 0.2) is 0 Å². The smallest absolute Gasteiger partial charge is 0.295 e. The Morgan fingerprint density at radius 1 is 1.05 bits per heavy atom. The number of ketones is 1. The van der Waals surface area contributed by atoms with Crippen molar-refractivity contribution < 1.29 is 24.2 Å². The monoisotopic (exact) mass is 511 g/mol. The molecule has 0 aliphatic carbocycles. The van der Waals surface area contributed by atoms with Crippen LogP contribution in [-0.4, -0.2) is 34.4 Å². The third kappa shape index (κ3) is 5.17. The molecule has 0 unspecified atom stereocenters. The maximum Gasteiger partial charge on any atom is 0.295 e. The highest BCUT2D eigenvalue weighted by atomic mass is 16.5. The van der Waals surface area contributed by atoms with E-state index in [0.29, 0.717) is 29.4 Å². The molecule has 0 bridgehead atoms. The van der Waals surface area contributed by atoms with Crippen molar-refractivity contribution in [3.63, 3.8) is 0 Å². The third-order valence-electron chi connectivity index (χ3n) is 7.04. The molecule has 38 heavy (non-hydrogen) atoms. The molecule has 0 aromatic heterocycles. The number of hydrogen-bond donors (Lipinski definition) is 1. The van der Waals surface area contributed by atoms with Crippen molar-refractivity contribution in [3.8, 4) is 11.5 Å². The maximum absolute atomic E-state index is 13.5. The van der Waals surface area contributed by atoms with E-state index in [1.165, 1.54) is 4.90 Å². The Morgan fingerprint density at radius 2 is 1.84 bits per heavy atom. The van der Waals surface area contributed by atoms with E-state index < -0.39 is 17.7 Å². The Hall–Kier alpha value is -4.06. The lowest BCUT2D eigenvalue weighted by molar-refractivity contribution is -0.140. The van der Waals surface area contributed by atoms with Gasteiger partial charge in [0.1, 0.15) is 23.4 Å². The van der Waals surface area contributed by atoms with Gasteiger partial charge in [0.05, 0.1) is 18.2 Å². The average Bonchev–Trinajstić information content (AvgIpc) is 3.40. The van der Waals surface area contributed by atoms with Crippen LogP contribution in [0.3, 0.4) is 0 Å². The second kappa shape index (κ2) is 10.7. The molecule has 2 atom stereocenters. The zero-order chi connectivity index (χ0) is 26.8. The molecule has 2 aliphatic heterocycles. The summed E-state index contributed by atoms with van der Waals surface area (Å²) in [6.45, 7) is 7.08. The van der Waals surface area contributed by atoms with Crippen molar-refractivity contribution in [1.82, 2.24) is 4.90 Å². The summed E-state index contributed by atoms with van der Waals surface area (Å²) in [7, 11) is 0. The summed E-state index contributed by atoms with van der Waals surface area (Å²) in [4.78, 5) is 28.4. The van der Waals surface area contributed by atoms with E-state index >= 15 is 0 Å². The molecule has 2 heterocycles. The van der Waals surface area contributed by atoms with Crippen molar-refractivity contribution in [3.05, 3.63) is 101 Å². The Kier molecular flexibility index (Phi) is 7.23. The van der Waals surface area contributed by atoms with Crippen molar-refractivity contribution in [2.45, 2.75) is 52.3 Å². The summed E-state index contributed by atoms with van der Waals surface area (Å²) in [5, 5.41) is 11.5. The van der Waals surface area contributed by atoms with Crippen LogP contribution in [0.5, 0.6) is 11.5 Å². The van der Waals surface area contributed by atoms with Crippen LogP contribution in [0.2, 0.25) is 0 Å². The minimum absolute atomic E-state index is 0.0530. The molecule has 2 aliphatic rings. The van der Waals surface area contributed by atoms with Crippen LogP contribution in [-0.2, 0) is 22.6 Å². The number of rotatable bonds is 8. The Balaban J connectivity index is 1.57. The van der Waals surface area contributed by atoms with E-state index in [1.54, 1.807) is 6.07 Å². The quantitative estimate of drug-likeness (QED) is 0.226. The molecule has 1 fully saturated rings. The summed E-state index contributed by atoms with van der Waals surface area (Å²) in [5.74, 6) is 0.442. The Bertz CT molecular complexity index is 1380. The zero-order valence-electron chi connectivity index (χ0n) is 22.0. The van der Waals surface area contributed by atoms with E-state index in [9.17, 15) is 14.7 Å². The number of Topliss-reactive ketones (excluding diaryl/α,β-unsaturated/α-hetero) is 1. The fourth-order valence-corrected chi connectivity index (χ4v) is 5.08. The molecule has 6 heteroatoms. The molecule has 0 radical (unpaired) electrons. The molecule has 1 saturated heterocycles. The van der Waals surface area contributed by atoms with Gasteiger partial charge in [-0.05, 0) is 66.3 Å². The lowest BCUT2D eigenvalue weighted by atomic mass is 9.94. The van der Waals surface area contributed by atoms with Crippen LogP contribution in [0.1, 0.15) is 55.5 Å². The van der Waals surface area contributed by atoms with E-state index in [2.05, 4.69) is 13.8 Å². The number of benzene rings is 3. The molecule has 3 aromatic rings. The highest BCUT2D eigenvalue weighted by Gasteiger charge is 2.46. The zero-order valence-corrected chi connectivity index (χ0v) is 22.0. The van der Waals surface area contributed by atoms with Crippen LogP contribution in [0.4, 0.5) is 0 Å². The summed E-state index contributed by atoms with van der Waals surface area (Å²) >= 11 is 0. The topological polar surface area (TPSA) is 76.1 Å². The number of aliphatic hydroxyl groups excluding tert-OH is 1. The summed E-state index contributed by atoms with van der Waals surface area (Å²) in [6.07, 6.45) is 1.69. The van der Waals surface area contributed by atoms with Gasteiger partial charge in [-0.3, -0.25) is 9.59 Å². The number of hydrogen-bond acceptors (Lipinski definition) is 5. The molecular weight excluding hydrogens is 478 g/mol. The van der Waals surface area contributed by atoms with E-state index in [4.69, 9.17) is 9.47 Å². The van der Waals surface area contributed by atoms with Crippen molar-refractivity contribution in [1.29, 1.82) is 0 Å². The number of amides is 1. The van der Waals surface area contributed by atoms with Gasteiger partial charge in [0.2, 0.25) is 0 Å². The average molecular weight is 512 g/mol. The first-order chi connectivity index (χ1) is 18.3. The van der Waals surface area contributed by atoms with Gasteiger partial charge in [-0.15, -0.1) is 0 Å². The number of fused-ring (bicyclic) bond motifs is 1. The van der Waals surface area contributed by atoms with Gasteiger partial charge in [-0.25, -0.2) is 0 Å². The van der Waals surface area contributed by atoms with Crippen LogP contribution in [0, 0.1) is 5.92 Å². The summed E-state index contributed by atoms with van der Waals surface area (Å²) in [5.41, 5.74) is 3.15. The van der Waals surface area contributed by atoms with Crippen molar-refractivity contribution in [2.75, 3.05) is 6.61 Å². The fourth-order valence-electron chi connectivity index (χ4n) is 5.08.